The highest BCUT2D eigenvalue weighted by Gasteiger charge is 2.34. The summed E-state index contributed by atoms with van der Waals surface area (Å²) in [7, 11) is -3.19. The summed E-state index contributed by atoms with van der Waals surface area (Å²) in [5.74, 6) is 0.162. The molecular weight excluding hydrogens is 216 g/mol. The second-order valence-electron chi connectivity index (χ2n) is 4.02. The number of ether oxygens (including phenoxy) is 1. The minimum Gasteiger partial charge on any atom is -0.381 e. The van der Waals surface area contributed by atoms with Crippen molar-refractivity contribution in [2.75, 3.05) is 25.5 Å². The van der Waals surface area contributed by atoms with E-state index in [-0.39, 0.29) is 5.75 Å². The van der Waals surface area contributed by atoms with Crippen LogP contribution >= 0.6 is 0 Å². The summed E-state index contributed by atoms with van der Waals surface area (Å²) in [5, 5.41) is 0. The molecule has 1 fully saturated rings. The average Bonchev–Trinajstić information content (AvgIpc) is 2.18. The van der Waals surface area contributed by atoms with Crippen molar-refractivity contribution in [3.8, 4) is 0 Å². The van der Waals surface area contributed by atoms with Gasteiger partial charge in [0.05, 0.1) is 5.75 Å². The topological polar surface area (TPSA) is 81.4 Å². The Balaban J connectivity index is 2.66. The van der Waals surface area contributed by atoms with Gasteiger partial charge >= 0.3 is 0 Å². The Bertz CT molecular complexity index is 284. The maximum absolute atomic E-state index is 11.7. The number of hydrogen-bond acceptors (Lipinski definition) is 4. The van der Waals surface area contributed by atoms with Crippen molar-refractivity contribution >= 4 is 10.0 Å². The van der Waals surface area contributed by atoms with E-state index in [1.807, 2.05) is 6.92 Å². The summed E-state index contributed by atoms with van der Waals surface area (Å²) in [5.41, 5.74) is 5.18. The third-order valence-corrected chi connectivity index (χ3v) is 4.38. The molecular formula is C9H20N2O3S. The van der Waals surface area contributed by atoms with Gasteiger partial charge in [0.1, 0.15) is 0 Å². The minimum absolute atomic E-state index is 0.162. The van der Waals surface area contributed by atoms with Crippen LogP contribution in [0.1, 0.15) is 26.2 Å². The van der Waals surface area contributed by atoms with Crippen LogP contribution < -0.4 is 10.5 Å². The quantitative estimate of drug-likeness (QED) is 0.694. The van der Waals surface area contributed by atoms with Crippen LogP contribution in [-0.4, -0.2) is 39.5 Å². The molecule has 5 nitrogen and oxygen atoms in total. The van der Waals surface area contributed by atoms with Crippen LogP contribution in [0.4, 0.5) is 0 Å². The van der Waals surface area contributed by atoms with Crippen molar-refractivity contribution in [3.63, 3.8) is 0 Å². The van der Waals surface area contributed by atoms with E-state index < -0.39 is 15.6 Å². The zero-order valence-corrected chi connectivity index (χ0v) is 9.98. The molecule has 1 rings (SSSR count). The first-order valence-electron chi connectivity index (χ1n) is 5.33. The summed E-state index contributed by atoms with van der Waals surface area (Å²) in [4.78, 5) is 0. The van der Waals surface area contributed by atoms with Gasteiger partial charge in [-0.3, -0.25) is 0 Å². The molecule has 0 unspecified atom stereocenters. The fourth-order valence-electron chi connectivity index (χ4n) is 1.76. The van der Waals surface area contributed by atoms with Gasteiger partial charge in [0.2, 0.25) is 10.0 Å². The van der Waals surface area contributed by atoms with Gasteiger partial charge in [0.25, 0.3) is 0 Å². The molecule has 0 saturated carbocycles. The van der Waals surface area contributed by atoms with Gasteiger partial charge in [-0.2, -0.15) is 0 Å². The van der Waals surface area contributed by atoms with E-state index in [1.165, 1.54) is 0 Å². The first kappa shape index (κ1) is 12.9. The number of nitrogens with one attached hydrogen (secondary N) is 1. The van der Waals surface area contributed by atoms with Crippen LogP contribution in [0.15, 0.2) is 0 Å². The molecule has 6 heteroatoms. The average molecular weight is 236 g/mol. The van der Waals surface area contributed by atoms with E-state index in [0.717, 1.165) is 0 Å². The van der Waals surface area contributed by atoms with Gasteiger partial charge in [-0.25, -0.2) is 13.1 Å². The lowest BCUT2D eigenvalue weighted by molar-refractivity contribution is 0.0502. The summed E-state index contributed by atoms with van der Waals surface area (Å²) < 4.78 is 31.2. The lowest BCUT2D eigenvalue weighted by atomic mass is 9.92. The lowest BCUT2D eigenvalue weighted by Gasteiger charge is -2.36. The van der Waals surface area contributed by atoms with Gasteiger partial charge in [-0.05, 0) is 19.3 Å². The van der Waals surface area contributed by atoms with E-state index in [9.17, 15) is 8.42 Å². The maximum atomic E-state index is 11.7. The third-order valence-electron chi connectivity index (χ3n) is 2.69. The Morgan fingerprint density at radius 3 is 2.47 bits per heavy atom. The molecule has 1 saturated heterocycles. The molecule has 1 aliphatic heterocycles. The second-order valence-corrected chi connectivity index (χ2v) is 5.86. The van der Waals surface area contributed by atoms with E-state index in [0.29, 0.717) is 39.0 Å². The second kappa shape index (κ2) is 5.25. The molecule has 1 heterocycles. The van der Waals surface area contributed by atoms with Crippen LogP contribution in [0.2, 0.25) is 0 Å². The molecule has 0 aliphatic carbocycles. The maximum Gasteiger partial charge on any atom is 0.212 e. The van der Waals surface area contributed by atoms with Crippen LogP contribution in [0.3, 0.4) is 0 Å². The van der Waals surface area contributed by atoms with Crippen molar-refractivity contribution in [2.24, 2.45) is 5.73 Å². The predicted molar refractivity (Wildman–Crippen MR) is 59.1 cm³/mol. The first-order chi connectivity index (χ1) is 7.04. The van der Waals surface area contributed by atoms with Crippen molar-refractivity contribution in [1.29, 1.82) is 0 Å². The van der Waals surface area contributed by atoms with Crippen LogP contribution in [-0.2, 0) is 14.8 Å². The SMILES string of the molecule is CCCS(=O)(=O)NC1(CN)CCOCC1. The van der Waals surface area contributed by atoms with E-state index in [2.05, 4.69) is 4.72 Å². The predicted octanol–water partition coefficient (Wildman–Crippen LogP) is -0.176. The molecule has 0 radical (unpaired) electrons. The number of sulfonamides is 1. The Hall–Kier alpha value is -0.170. The van der Waals surface area contributed by atoms with Gasteiger partial charge < -0.3 is 10.5 Å². The lowest BCUT2D eigenvalue weighted by Crippen LogP contribution is -2.56. The van der Waals surface area contributed by atoms with Crippen molar-refractivity contribution in [1.82, 2.24) is 4.72 Å². The molecule has 0 amide bonds. The third kappa shape index (κ3) is 3.71. The largest absolute Gasteiger partial charge is 0.381 e. The molecule has 0 aromatic carbocycles. The van der Waals surface area contributed by atoms with Crippen LogP contribution in [0.5, 0.6) is 0 Å². The number of nitrogens with two attached hydrogens (primary N) is 1. The molecule has 0 bridgehead atoms. The Morgan fingerprint density at radius 2 is 2.00 bits per heavy atom. The Morgan fingerprint density at radius 1 is 1.40 bits per heavy atom. The zero-order chi connectivity index (χ0) is 11.4. The normalized spacial score (nSPS) is 21.5. The summed E-state index contributed by atoms with van der Waals surface area (Å²) in [6.07, 6.45) is 1.94. The fourth-order valence-corrected chi connectivity index (χ4v) is 3.35. The smallest absolute Gasteiger partial charge is 0.212 e. The molecule has 0 spiro atoms. The molecule has 0 aromatic rings. The number of rotatable bonds is 5. The summed E-state index contributed by atoms with van der Waals surface area (Å²) >= 11 is 0. The highest BCUT2D eigenvalue weighted by atomic mass is 32.2. The molecule has 90 valence electrons. The van der Waals surface area contributed by atoms with Gasteiger partial charge in [-0.15, -0.1) is 0 Å². The summed E-state index contributed by atoms with van der Waals surface area (Å²) in [6.45, 7) is 3.33. The Labute approximate surface area is 91.4 Å². The highest BCUT2D eigenvalue weighted by Crippen LogP contribution is 2.20. The monoisotopic (exact) mass is 236 g/mol. The van der Waals surface area contributed by atoms with Crippen LogP contribution in [0.25, 0.3) is 0 Å². The van der Waals surface area contributed by atoms with Gasteiger partial charge in [0.15, 0.2) is 0 Å². The highest BCUT2D eigenvalue weighted by molar-refractivity contribution is 7.89. The molecule has 0 atom stereocenters. The van der Waals surface area contributed by atoms with E-state index in [1.54, 1.807) is 0 Å². The van der Waals surface area contributed by atoms with Gasteiger partial charge in [0, 0.05) is 25.3 Å². The fraction of sp³-hybridized carbons (Fsp3) is 1.00. The number of hydrogen-bond donors (Lipinski definition) is 2. The van der Waals surface area contributed by atoms with Crippen LogP contribution in [0, 0.1) is 0 Å². The molecule has 3 N–H and O–H groups in total. The van der Waals surface area contributed by atoms with Gasteiger partial charge in [-0.1, -0.05) is 6.92 Å². The molecule has 1 aliphatic rings. The first-order valence-corrected chi connectivity index (χ1v) is 6.98. The minimum atomic E-state index is -3.19. The standard InChI is InChI=1S/C9H20N2O3S/c1-2-7-15(12,13)11-9(8-10)3-5-14-6-4-9/h11H,2-8,10H2,1H3. The molecule has 0 aromatic heterocycles. The van der Waals surface area contributed by atoms with Crippen molar-refractivity contribution < 1.29 is 13.2 Å². The van der Waals surface area contributed by atoms with Crippen molar-refractivity contribution in [3.05, 3.63) is 0 Å². The van der Waals surface area contributed by atoms with E-state index in [4.69, 9.17) is 10.5 Å². The molecule has 15 heavy (non-hydrogen) atoms. The Kier molecular flexibility index (Phi) is 4.51. The van der Waals surface area contributed by atoms with E-state index >= 15 is 0 Å². The zero-order valence-electron chi connectivity index (χ0n) is 9.16. The summed E-state index contributed by atoms with van der Waals surface area (Å²) in [6, 6.07) is 0. The van der Waals surface area contributed by atoms with Crippen molar-refractivity contribution in [2.45, 2.75) is 31.7 Å².